The third-order valence-corrected chi connectivity index (χ3v) is 3.98. The minimum absolute atomic E-state index is 0.330. The van der Waals surface area contributed by atoms with Crippen LogP contribution in [0.4, 0.5) is 5.82 Å². The molecule has 3 nitrogen and oxygen atoms in total. The Balaban J connectivity index is 2.13. The molecule has 88 valence electrons. The predicted octanol–water partition coefficient (Wildman–Crippen LogP) is 2.84. The minimum Gasteiger partial charge on any atom is -0.354 e. The Labute approximate surface area is 109 Å². The van der Waals surface area contributed by atoms with Gasteiger partial charge in [0.2, 0.25) is 5.28 Å². The SMILES string of the molecule is Clc1nc(N2CCSCC2)c2ccccc2n1. The topological polar surface area (TPSA) is 29.0 Å². The number of halogens is 1. The zero-order chi connectivity index (χ0) is 11.7. The van der Waals surface area contributed by atoms with Gasteiger partial charge in [-0.1, -0.05) is 12.1 Å². The van der Waals surface area contributed by atoms with Gasteiger partial charge in [-0.05, 0) is 23.7 Å². The molecule has 0 bridgehead atoms. The summed E-state index contributed by atoms with van der Waals surface area (Å²) in [5, 5.41) is 1.42. The number of nitrogens with zero attached hydrogens (tertiary/aromatic N) is 3. The molecule has 0 radical (unpaired) electrons. The number of rotatable bonds is 1. The minimum atomic E-state index is 0.330. The van der Waals surface area contributed by atoms with E-state index in [1.165, 1.54) is 0 Å². The van der Waals surface area contributed by atoms with Gasteiger partial charge in [-0.3, -0.25) is 0 Å². The second kappa shape index (κ2) is 4.70. The monoisotopic (exact) mass is 265 g/mol. The van der Waals surface area contributed by atoms with Crippen LogP contribution in [0, 0.1) is 0 Å². The maximum absolute atomic E-state index is 5.99. The second-order valence-corrected chi connectivity index (χ2v) is 5.50. The molecular weight excluding hydrogens is 254 g/mol. The van der Waals surface area contributed by atoms with E-state index < -0.39 is 0 Å². The molecule has 5 heteroatoms. The third kappa shape index (κ3) is 2.19. The number of fused-ring (bicyclic) bond motifs is 1. The van der Waals surface area contributed by atoms with Crippen molar-refractivity contribution >= 4 is 40.1 Å². The van der Waals surface area contributed by atoms with Gasteiger partial charge in [0.15, 0.2) is 0 Å². The molecule has 1 aliphatic rings. The summed E-state index contributed by atoms with van der Waals surface area (Å²) in [5.41, 5.74) is 0.917. The third-order valence-electron chi connectivity index (χ3n) is 2.87. The summed E-state index contributed by atoms with van der Waals surface area (Å²) < 4.78 is 0. The summed E-state index contributed by atoms with van der Waals surface area (Å²) in [7, 11) is 0. The molecule has 0 N–H and O–H groups in total. The van der Waals surface area contributed by atoms with E-state index in [0.717, 1.165) is 41.3 Å². The number of hydrogen-bond donors (Lipinski definition) is 0. The number of benzene rings is 1. The van der Waals surface area contributed by atoms with Gasteiger partial charge >= 0.3 is 0 Å². The van der Waals surface area contributed by atoms with E-state index in [1.54, 1.807) is 0 Å². The number of anilines is 1. The van der Waals surface area contributed by atoms with Crippen LogP contribution in [-0.2, 0) is 0 Å². The Morgan fingerprint density at radius 3 is 2.71 bits per heavy atom. The highest BCUT2D eigenvalue weighted by molar-refractivity contribution is 7.99. The summed E-state index contributed by atoms with van der Waals surface area (Å²) in [4.78, 5) is 10.9. The molecule has 3 rings (SSSR count). The number of thioether (sulfide) groups is 1. The summed E-state index contributed by atoms with van der Waals surface area (Å²) in [6, 6.07) is 8.02. The normalized spacial score (nSPS) is 16.4. The quantitative estimate of drug-likeness (QED) is 0.742. The van der Waals surface area contributed by atoms with Crippen molar-refractivity contribution in [3.63, 3.8) is 0 Å². The Hall–Kier alpha value is -1.00. The fourth-order valence-electron chi connectivity index (χ4n) is 2.05. The van der Waals surface area contributed by atoms with Crippen molar-refractivity contribution in [2.45, 2.75) is 0 Å². The zero-order valence-corrected chi connectivity index (χ0v) is 10.8. The summed E-state index contributed by atoms with van der Waals surface area (Å²) in [5.74, 6) is 3.27. The van der Waals surface area contributed by atoms with Crippen LogP contribution in [0.25, 0.3) is 10.9 Å². The van der Waals surface area contributed by atoms with Gasteiger partial charge < -0.3 is 4.90 Å². The lowest BCUT2D eigenvalue weighted by atomic mass is 10.2. The highest BCUT2D eigenvalue weighted by Crippen LogP contribution is 2.27. The molecule has 0 saturated carbocycles. The first-order valence-corrected chi connectivity index (χ1v) is 7.13. The first-order valence-electron chi connectivity index (χ1n) is 5.59. The van der Waals surface area contributed by atoms with E-state index in [0.29, 0.717) is 5.28 Å². The van der Waals surface area contributed by atoms with Gasteiger partial charge in [0, 0.05) is 30.0 Å². The number of aromatic nitrogens is 2. The van der Waals surface area contributed by atoms with Crippen molar-refractivity contribution in [3.8, 4) is 0 Å². The van der Waals surface area contributed by atoms with Crippen LogP contribution in [0.1, 0.15) is 0 Å². The van der Waals surface area contributed by atoms with E-state index in [9.17, 15) is 0 Å². The lowest BCUT2D eigenvalue weighted by Gasteiger charge is -2.28. The Morgan fingerprint density at radius 2 is 1.88 bits per heavy atom. The molecule has 1 aromatic carbocycles. The largest absolute Gasteiger partial charge is 0.354 e. The molecular formula is C12H12ClN3S. The fraction of sp³-hybridized carbons (Fsp3) is 0.333. The highest BCUT2D eigenvalue weighted by Gasteiger charge is 2.16. The van der Waals surface area contributed by atoms with Gasteiger partial charge in [0.25, 0.3) is 0 Å². The van der Waals surface area contributed by atoms with E-state index in [1.807, 2.05) is 30.0 Å². The molecule has 1 aromatic heterocycles. The number of para-hydroxylation sites is 1. The lowest BCUT2D eigenvalue weighted by molar-refractivity contribution is 0.842. The molecule has 0 unspecified atom stereocenters. The Bertz CT molecular complexity index is 540. The fourth-order valence-corrected chi connectivity index (χ4v) is 3.12. The molecule has 1 fully saturated rings. The van der Waals surface area contributed by atoms with Crippen molar-refractivity contribution in [3.05, 3.63) is 29.5 Å². The Morgan fingerprint density at radius 1 is 1.12 bits per heavy atom. The first-order chi connectivity index (χ1) is 8.34. The Kier molecular flexibility index (Phi) is 3.07. The predicted molar refractivity (Wildman–Crippen MR) is 74.1 cm³/mol. The number of hydrogen-bond acceptors (Lipinski definition) is 4. The van der Waals surface area contributed by atoms with Crippen molar-refractivity contribution in [2.24, 2.45) is 0 Å². The van der Waals surface area contributed by atoms with Gasteiger partial charge in [0.05, 0.1) is 5.52 Å². The standard InChI is InChI=1S/C12H12ClN3S/c13-12-14-10-4-2-1-3-9(10)11(15-12)16-5-7-17-8-6-16/h1-4H,5-8H2. The molecule has 0 amide bonds. The van der Waals surface area contributed by atoms with Crippen LogP contribution in [0.15, 0.2) is 24.3 Å². The van der Waals surface area contributed by atoms with Gasteiger partial charge in [-0.25, -0.2) is 4.98 Å². The molecule has 2 aromatic rings. The summed E-state index contributed by atoms with van der Waals surface area (Å²) in [6.07, 6.45) is 0. The molecule has 0 atom stereocenters. The molecule has 0 spiro atoms. The van der Waals surface area contributed by atoms with Crippen LogP contribution in [0.3, 0.4) is 0 Å². The van der Waals surface area contributed by atoms with Gasteiger partial charge in [0.1, 0.15) is 5.82 Å². The van der Waals surface area contributed by atoms with E-state index in [-0.39, 0.29) is 0 Å². The maximum atomic E-state index is 5.99. The average molecular weight is 266 g/mol. The van der Waals surface area contributed by atoms with Crippen molar-refractivity contribution < 1.29 is 0 Å². The van der Waals surface area contributed by atoms with Crippen LogP contribution in [-0.4, -0.2) is 34.6 Å². The molecule has 1 aliphatic heterocycles. The molecule has 17 heavy (non-hydrogen) atoms. The average Bonchev–Trinajstić information content (AvgIpc) is 2.39. The van der Waals surface area contributed by atoms with Crippen LogP contribution >= 0.6 is 23.4 Å². The smallest absolute Gasteiger partial charge is 0.224 e. The van der Waals surface area contributed by atoms with Crippen molar-refractivity contribution in [1.82, 2.24) is 9.97 Å². The van der Waals surface area contributed by atoms with E-state index in [2.05, 4.69) is 20.9 Å². The van der Waals surface area contributed by atoms with E-state index >= 15 is 0 Å². The molecule has 1 saturated heterocycles. The zero-order valence-electron chi connectivity index (χ0n) is 9.27. The van der Waals surface area contributed by atoms with Crippen LogP contribution in [0.2, 0.25) is 5.28 Å². The maximum Gasteiger partial charge on any atom is 0.224 e. The van der Waals surface area contributed by atoms with Crippen LogP contribution in [0.5, 0.6) is 0 Å². The lowest BCUT2D eigenvalue weighted by Crippen LogP contribution is -2.33. The van der Waals surface area contributed by atoms with E-state index in [4.69, 9.17) is 11.6 Å². The highest BCUT2D eigenvalue weighted by atomic mass is 35.5. The summed E-state index contributed by atoms with van der Waals surface area (Å²) >= 11 is 7.97. The molecule has 2 heterocycles. The van der Waals surface area contributed by atoms with Crippen LogP contribution < -0.4 is 4.90 Å². The summed E-state index contributed by atoms with van der Waals surface area (Å²) in [6.45, 7) is 2.06. The van der Waals surface area contributed by atoms with Gasteiger partial charge in [-0.15, -0.1) is 0 Å². The first kappa shape index (κ1) is 11.1. The molecule has 0 aliphatic carbocycles. The van der Waals surface area contributed by atoms with Gasteiger partial charge in [-0.2, -0.15) is 16.7 Å². The van der Waals surface area contributed by atoms with Crippen molar-refractivity contribution in [1.29, 1.82) is 0 Å². The van der Waals surface area contributed by atoms with Crippen molar-refractivity contribution in [2.75, 3.05) is 29.5 Å². The second-order valence-electron chi connectivity index (χ2n) is 3.93.